The van der Waals surface area contributed by atoms with Crippen LogP contribution >= 0.6 is 0 Å². The molecule has 2 aromatic carbocycles. The van der Waals surface area contributed by atoms with Crippen LogP contribution in [-0.2, 0) is 15.0 Å². The van der Waals surface area contributed by atoms with E-state index in [2.05, 4.69) is 5.32 Å². The fourth-order valence-electron chi connectivity index (χ4n) is 4.74. The lowest BCUT2D eigenvalue weighted by atomic mass is 9.70. The number of hydrogen-bond donors (Lipinski definition) is 4. The van der Waals surface area contributed by atoms with E-state index in [1.807, 2.05) is 0 Å². The highest BCUT2D eigenvalue weighted by atomic mass is 16.5. The highest BCUT2D eigenvalue weighted by Crippen LogP contribution is 2.57. The molecule has 1 atom stereocenters. The zero-order valence-electron chi connectivity index (χ0n) is 21.7. The minimum Gasteiger partial charge on any atom is -0.507 e. The molecule has 0 aromatic heterocycles. The molecule has 0 saturated heterocycles. The normalized spacial score (nSPS) is 19.4. The van der Waals surface area contributed by atoms with Crippen LogP contribution in [-0.4, -0.2) is 44.7 Å². The van der Waals surface area contributed by atoms with Crippen molar-refractivity contribution in [3.8, 4) is 23.0 Å². The number of hydrogen-bond acceptors (Lipinski definition) is 9. The molecule has 0 bridgehead atoms. The Bertz CT molecular complexity index is 1510. The Hall–Kier alpha value is -4.60. The molecule has 38 heavy (non-hydrogen) atoms. The molecule has 0 amide bonds. The van der Waals surface area contributed by atoms with E-state index in [1.54, 1.807) is 13.8 Å². The van der Waals surface area contributed by atoms with Crippen LogP contribution in [0.25, 0.3) is 0 Å². The van der Waals surface area contributed by atoms with Gasteiger partial charge < -0.3 is 30.1 Å². The molecule has 2 aromatic rings. The molecule has 198 valence electrons. The molecule has 2 aliphatic rings. The van der Waals surface area contributed by atoms with Gasteiger partial charge in [0.05, 0.1) is 28.5 Å². The zero-order chi connectivity index (χ0) is 28.3. The Balaban J connectivity index is 1.89. The van der Waals surface area contributed by atoms with Crippen molar-refractivity contribution in [1.82, 2.24) is 0 Å². The van der Waals surface area contributed by atoms with E-state index in [0.717, 1.165) is 6.08 Å². The number of carboxylic acids is 1. The third kappa shape index (κ3) is 3.89. The molecule has 10 heteroatoms. The van der Waals surface area contributed by atoms with Crippen LogP contribution in [0.5, 0.6) is 23.0 Å². The molecule has 1 aliphatic carbocycles. The smallest absolute Gasteiger partial charge is 0.335 e. The second-order valence-corrected chi connectivity index (χ2v) is 9.69. The number of fused-ring (bicyclic) bond motifs is 3. The van der Waals surface area contributed by atoms with Gasteiger partial charge in [-0.05, 0) is 59.7 Å². The largest absolute Gasteiger partial charge is 0.507 e. The van der Waals surface area contributed by atoms with Gasteiger partial charge in [0.2, 0.25) is 0 Å². The predicted molar refractivity (Wildman–Crippen MR) is 136 cm³/mol. The first kappa shape index (κ1) is 26.5. The summed E-state index contributed by atoms with van der Waals surface area (Å²) < 4.78 is 11.5. The Morgan fingerprint density at radius 1 is 1.11 bits per heavy atom. The topological polar surface area (TPSA) is 159 Å². The predicted octanol–water partition coefficient (Wildman–Crippen LogP) is 4.17. The number of carbonyl (C=O) groups is 4. The average Bonchev–Trinajstić information content (AvgIpc) is 3.11. The summed E-state index contributed by atoms with van der Waals surface area (Å²) in [5.41, 5.74) is -1.85. The van der Waals surface area contributed by atoms with Crippen molar-refractivity contribution < 1.29 is 44.0 Å². The minimum atomic E-state index is -1.67. The number of nitrogens with one attached hydrogen (secondary N) is 1. The Morgan fingerprint density at radius 3 is 2.34 bits per heavy atom. The van der Waals surface area contributed by atoms with Gasteiger partial charge in [-0.3, -0.25) is 14.4 Å². The molecule has 1 heterocycles. The number of benzene rings is 2. The second kappa shape index (κ2) is 9.05. The zero-order valence-corrected chi connectivity index (χ0v) is 21.7. The number of allylic oxidation sites excluding steroid dienone is 4. The van der Waals surface area contributed by atoms with Crippen LogP contribution in [0.2, 0.25) is 0 Å². The van der Waals surface area contributed by atoms with Crippen LogP contribution in [0.1, 0.15) is 66.5 Å². The Morgan fingerprint density at radius 2 is 1.76 bits per heavy atom. The number of carboxylic acid groups (broad SMARTS) is 1. The fraction of sp³-hybridized carbons (Fsp3) is 0.286. The SMILES string of the molecule is CC(=O)c1c(O)c(C)c(O)c2c1OC1=CC(=O)C(=C(C)Nc3cc(C(=O)O)ccc3OC(C)C)C(=O)[C@@]12C. The lowest BCUT2D eigenvalue weighted by Crippen LogP contribution is -2.40. The summed E-state index contributed by atoms with van der Waals surface area (Å²) in [6.45, 7) is 9.14. The number of rotatable bonds is 6. The summed E-state index contributed by atoms with van der Waals surface area (Å²) in [5, 5.41) is 33.8. The molecule has 4 rings (SSSR count). The van der Waals surface area contributed by atoms with Gasteiger partial charge in [0.1, 0.15) is 39.7 Å². The molecule has 0 radical (unpaired) electrons. The first-order chi connectivity index (χ1) is 17.7. The maximum Gasteiger partial charge on any atom is 0.335 e. The maximum atomic E-state index is 14.0. The third-order valence-electron chi connectivity index (χ3n) is 6.67. The molecule has 4 N–H and O–H groups in total. The summed E-state index contributed by atoms with van der Waals surface area (Å²) in [5.74, 6) is -3.97. The molecule has 0 unspecified atom stereocenters. The summed E-state index contributed by atoms with van der Waals surface area (Å²) in [4.78, 5) is 51.0. The first-order valence-electron chi connectivity index (χ1n) is 11.8. The second-order valence-electron chi connectivity index (χ2n) is 9.69. The van der Waals surface area contributed by atoms with E-state index in [9.17, 15) is 34.5 Å². The highest BCUT2D eigenvalue weighted by Gasteiger charge is 2.56. The van der Waals surface area contributed by atoms with Crippen molar-refractivity contribution in [3.05, 3.63) is 63.6 Å². The standard InChI is InChI=1S/C28H27NO9/c1-11(2)37-18-8-7-15(27(35)36)9-16(18)29-13(4)20-17(31)10-19-28(6,26(20)34)22-24(33)12(3)23(32)21(14(5)30)25(22)38-19/h7-11,29,32-33H,1-6H3,(H,35,36)/t28-/m0/s1. The van der Waals surface area contributed by atoms with Gasteiger partial charge in [-0.1, -0.05) is 0 Å². The van der Waals surface area contributed by atoms with Gasteiger partial charge in [0.15, 0.2) is 17.3 Å². The van der Waals surface area contributed by atoms with Crippen molar-refractivity contribution in [2.45, 2.75) is 53.1 Å². The monoisotopic (exact) mass is 521 g/mol. The number of ketones is 3. The number of ether oxygens (including phenoxy) is 2. The maximum absolute atomic E-state index is 14.0. The average molecular weight is 522 g/mol. The molecule has 1 aliphatic heterocycles. The van der Waals surface area contributed by atoms with Gasteiger partial charge in [0.25, 0.3) is 0 Å². The number of Topliss-reactive ketones (excluding diaryl/α,β-unsaturated/α-hetero) is 2. The Labute approximate surface area is 218 Å². The van der Waals surface area contributed by atoms with Crippen molar-refractivity contribution in [1.29, 1.82) is 0 Å². The van der Waals surface area contributed by atoms with Gasteiger partial charge in [-0.2, -0.15) is 0 Å². The van der Waals surface area contributed by atoms with E-state index in [-0.39, 0.29) is 56.8 Å². The fourth-order valence-corrected chi connectivity index (χ4v) is 4.74. The molecule has 0 fully saturated rings. The van der Waals surface area contributed by atoms with Crippen molar-refractivity contribution in [2.75, 3.05) is 5.32 Å². The van der Waals surface area contributed by atoms with Gasteiger partial charge >= 0.3 is 5.97 Å². The number of aromatic hydroxyl groups is 2. The van der Waals surface area contributed by atoms with Gasteiger partial charge in [0, 0.05) is 17.3 Å². The highest BCUT2D eigenvalue weighted by molar-refractivity contribution is 6.31. The van der Waals surface area contributed by atoms with Crippen LogP contribution in [0, 0.1) is 6.92 Å². The van der Waals surface area contributed by atoms with E-state index in [1.165, 1.54) is 45.9 Å². The van der Waals surface area contributed by atoms with E-state index < -0.39 is 40.2 Å². The summed E-state index contributed by atoms with van der Waals surface area (Å²) in [6, 6.07) is 4.18. The van der Waals surface area contributed by atoms with Crippen LogP contribution in [0.4, 0.5) is 5.69 Å². The number of carbonyl (C=O) groups excluding carboxylic acids is 3. The number of phenolic OH excluding ortho intramolecular Hbond substituents is 2. The van der Waals surface area contributed by atoms with Gasteiger partial charge in [-0.25, -0.2) is 4.79 Å². The number of aromatic carboxylic acids is 1. The quantitative estimate of drug-likeness (QED) is 0.247. The lowest BCUT2D eigenvalue weighted by molar-refractivity contribution is -0.123. The van der Waals surface area contributed by atoms with E-state index in [0.29, 0.717) is 5.75 Å². The summed E-state index contributed by atoms with van der Waals surface area (Å²) >= 11 is 0. The molecule has 0 saturated carbocycles. The molecular weight excluding hydrogens is 494 g/mol. The number of anilines is 1. The Kier molecular flexibility index (Phi) is 6.30. The minimum absolute atomic E-state index is 0.00827. The van der Waals surface area contributed by atoms with E-state index in [4.69, 9.17) is 9.47 Å². The first-order valence-corrected chi connectivity index (χ1v) is 11.8. The van der Waals surface area contributed by atoms with Crippen molar-refractivity contribution >= 4 is 29.0 Å². The molecular formula is C28H27NO9. The summed E-state index contributed by atoms with van der Waals surface area (Å²) in [7, 11) is 0. The van der Waals surface area contributed by atoms with Crippen molar-refractivity contribution in [2.24, 2.45) is 0 Å². The van der Waals surface area contributed by atoms with Crippen LogP contribution < -0.4 is 14.8 Å². The number of phenols is 2. The molecule has 10 nitrogen and oxygen atoms in total. The van der Waals surface area contributed by atoms with Crippen molar-refractivity contribution in [3.63, 3.8) is 0 Å². The lowest BCUT2D eigenvalue weighted by Gasteiger charge is -2.29. The van der Waals surface area contributed by atoms with Crippen LogP contribution in [0.3, 0.4) is 0 Å². The van der Waals surface area contributed by atoms with E-state index >= 15 is 0 Å². The summed E-state index contributed by atoms with van der Waals surface area (Å²) in [6.07, 6.45) is 0.864. The third-order valence-corrected chi connectivity index (χ3v) is 6.67. The van der Waals surface area contributed by atoms with Crippen LogP contribution in [0.15, 0.2) is 41.3 Å². The molecule has 0 spiro atoms. The van der Waals surface area contributed by atoms with Gasteiger partial charge in [-0.15, -0.1) is 0 Å².